The molecule has 0 bridgehead atoms. The molecular formula is C12H17NO. The fourth-order valence-electron chi connectivity index (χ4n) is 1.23. The molecule has 0 unspecified atom stereocenters. The second-order valence-electron chi connectivity index (χ2n) is 3.09. The van der Waals surface area contributed by atoms with E-state index in [2.05, 4.69) is 12.6 Å². The summed E-state index contributed by atoms with van der Waals surface area (Å²) in [5.41, 5.74) is 6.57. The van der Waals surface area contributed by atoms with Crippen molar-refractivity contribution in [2.45, 2.75) is 12.8 Å². The summed E-state index contributed by atoms with van der Waals surface area (Å²) < 4.78 is 5.60. The first-order valence-electron chi connectivity index (χ1n) is 4.90. The summed E-state index contributed by atoms with van der Waals surface area (Å²) in [6.07, 6.45) is 3.62. The van der Waals surface area contributed by atoms with Crippen molar-refractivity contribution in [3.8, 4) is 5.75 Å². The van der Waals surface area contributed by atoms with E-state index in [1.165, 1.54) is 5.56 Å². The van der Waals surface area contributed by atoms with Gasteiger partial charge in [0, 0.05) is 0 Å². The van der Waals surface area contributed by atoms with E-state index in [9.17, 15) is 0 Å². The molecular weight excluding hydrogens is 174 g/mol. The Labute approximate surface area is 85.4 Å². The molecule has 0 aliphatic heterocycles. The standard InChI is InChI=1S/C12H17NO/c1-2-6-11-7-3-4-8-12(11)14-10-5-9-13/h2-4,7-8H,1,5-6,9-10,13H2. The van der Waals surface area contributed by atoms with Gasteiger partial charge in [-0.25, -0.2) is 0 Å². The molecule has 2 N–H and O–H groups in total. The zero-order chi connectivity index (χ0) is 10.2. The Morgan fingerprint density at radius 2 is 2.14 bits per heavy atom. The second-order valence-corrected chi connectivity index (χ2v) is 3.09. The average Bonchev–Trinajstić information content (AvgIpc) is 2.21. The average molecular weight is 191 g/mol. The molecule has 0 amide bonds. The first kappa shape index (κ1) is 10.8. The minimum absolute atomic E-state index is 0.670. The summed E-state index contributed by atoms with van der Waals surface area (Å²) in [5.74, 6) is 0.945. The number of benzene rings is 1. The lowest BCUT2D eigenvalue weighted by molar-refractivity contribution is 0.311. The number of ether oxygens (including phenoxy) is 1. The molecule has 0 spiro atoms. The summed E-state index contributed by atoms with van der Waals surface area (Å²) in [7, 11) is 0. The second kappa shape index (κ2) is 6.22. The van der Waals surface area contributed by atoms with Crippen LogP contribution in [0, 0.1) is 0 Å². The van der Waals surface area contributed by atoms with Crippen molar-refractivity contribution < 1.29 is 4.74 Å². The highest BCUT2D eigenvalue weighted by Crippen LogP contribution is 2.18. The third-order valence-electron chi connectivity index (χ3n) is 1.94. The maximum absolute atomic E-state index is 5.60. The van der Waals surface area contributed by atoms with E-state index >= 15 is 0 Å². The van der Waals surface area contributed by atoms with Crippen LogP contribution in [0.1, 0.15) is 12.0 Å². The predicted octanol–water partition coefficient (Wildman–Crippen LogP) is 2.14. The summed E-state index contributed by atoms with van der Waals surface area (Å²) in [6, 6.07) is 8.02. The molecule has 76 valence electrons. The molecule has 0 heterocycles. The van der Waals surface area contributed by atoms with Crippen molar-refractivity contribution in [1.29, 1.82) is 0 Å². The first-order chi connectivity index (χ1) is 6.88. The van der Waals surface area contributed by atoms with Gasteiger partial charge in [0.05, 0.1) is 6.61 Å². The third-order valence-corrected chi connectivity index (χ3v) is 1.94. The molecule has 0 aliphatic rings. The highest BCUT2D eigenvalue weighted by Gasteiger charge is 1.99. The topological polar surface area (TPSA) is 35.2 Å². The van der Waals surface area contributed by atoms with Crippen LogP contribution in [0.25, 0.3) is 0 Å². The molecule has 0 aromatic heterocycles. The molecule has 2 nitrogen and oxygen atoms in total. The van der Waals surface area contributed by atoms with Crippen LogP contribution in [0.15, 0.2) is 36.9 Å². The molecule has 1 aromatic rings. The lowest BCUT2D eigenvalue weighted by atomic mass is 10.1. The molecule has 0 saturated heterocycles. The van der Waals surface area contributed by atoms with E-state index in [1.807, 2.05) is 24.3 Å². The van der Waals surface area contributed by atoms with Crippen LogP contribution >= 0.6 is 0 Å². The van der Waals surface area contributed by atoms with Gasteiger partial charge in [-0.2, -0.15) is 0 Å². The van der Waals surface area contributed by atoms with Crippen LogP contribution in [-0.4, -0.2) is 13.2 Å². The summed E-state index contributed by atoms with van der Waals surface area (Å²) in [5, 5.41) is 0. The van der Waals surface area contributed by atoms with E-state index < -0.39 is 0 Å². The van der Waals surface area contributed by atoms with Crippen molar-refractivity contribution >= 4 is 0 Å². The fourth-order valence-corrected chi connectivity index (χ4v) is 1.23. The van der Waals surface area contributed by atoms with E-state index in [-0.39, 0.29) is 0 Å². The van der Waals surface area contributed by atoms with Gasteiger partial charge in [0.2, 0.25) is 0 Å². The lowest BCUT2D eigenvalue weighted by Crippen LogP contribution is -2.06. The van der Waals surface area contributed by atoms with Gasteiger partial charge in [0.1, 0.15) is 5.75 Å². The maximum atomic E-state index is 5.60. The molecule has 0 aliphatic carbocycles. The van der Waals surface area contributed by atoms with E-state index in [0.29, 0.717) is 13.2 Å². The molecule has 14 heavy (non-hydrogen) atoms. The number of allylic oxidation sites excluding steroid dienone is 1. The normalized spacial score (nSPS) is 9.79. The summed E-state index contributed by atoms with van der Waals surface area (Å²) >= 11 is 0. The Kier molecular flexibility index (Phi) is 4.79. The molecule has 2 heteroatoms. The van der Waals surface area contributed by atoms with E-state index in [1.54, 1.807) is 0 Å². The highest BCUT2D eigenvalue weighted by molar-refractivity contribution is 5.34. The van der Waals surface area contributed by atoms with Gasteiger partial charge in [0.15, 0.2) is 0 Å². The van der Waals surface area contributed by atoms with Gasteiger partial charge in [0.25, 0.3) is 0 Å². The number of hydrogen-bond donors (Lipinski definition) is 1. The van der Waals surface area contributed by atoms with Gasteiger partial charge in [-0.05, 0) is 31.0 Å². The fraction of sp³-hybridized carbons (Fsp3) is 0.333. The van der Waals surface area contributed by atoms with Crippen molar-refractivity contribution in [2.24, 2.45) is 5.73 Å². The van der Waals surface area contributed by atoms with E-state index in [0.717, 1.165) is 18.6 Å². The number of hydrogen-bond acceptors (Lipinski definition) is 2. The van der Waals surface area contributed by atoms with Crippen molar-refractivity contribution in [3.05, 3.63) is 42.5 Å². The zero-order valence-electron chi connectivity index (χ0n) is 8.41. The predicted molar refractivity (Wildman–Crippen MR) is 59.5 cm³/mol. The minimum Gasteiger partial charge on any atom is -0.493 e. The van der Waals surface area contributed by atoms with Gasteiger partial charge in [-0.3, -0.25) is 0 Å². The zero-order valence-corrected chi connectivity index (χ0v) is 8.41. The molecule has 0 fully saturated rings. The molecule has 0 radical (unpaired) electrons. The summed E-state index contributed by atoms with van der Waals surface area (Å²) in [6.45, 7) is 5.07. The van der Waals surface area contributed by atoms with Gasteiger partial charge in [-0.1, -0.05) is 24.3 Å². The van der Waals surface area contributed by atoms with Crippen molar-refractivity contribution in [3.63, 3.8) is 0 Å². The summed E-state index contributed by atoms with van der Waals surface area (Å²) in [4.78, 5) is 0. The first-order valence-corrected chi connectivity index (χ1v) is 4.90. The SMILES string of the molecule is C=CCc1ccccc1OCCCN. The number of nitrogens with two attached hydrogens (primary N) is 1. The van der Waals surface area contributed by atoms with Crippen LogP contribution in [0.5, 0.6) is 5.75 Å². The van der Waals surface area contributed by atoms with Crippen LogP contribution in [0.4, 0.5) is 0 Å². The molecule has 1 rings (SSSR count). The molecule has 0 atom stereocenters. The number of rotatable bonds is 6. The molecule has 1 aromatic carbocycles. The van der Waals surface area contributed by atoms with Crippen LogP contribution < -0.4 is 10.5 Å². The Morgan fingerprint density at radius 3 is 2.86 bits per heavy atom. The minimum atomic E-state index is 0.670. The Balaban J connectivity index is 2.59. The van der Waals surface area contributed by atoms with Gasteiger partial charge >= 0.3 is 0 Å². The van der Waals surface area contributed by atoms with Crippen LogP contribution in [-0.2, 0) is 6.42 Å². The van der Waals surface area contributed by atoms with Crippen LogP contribution in [0.3, 0.4) is 0 Å². The smallest absolute Gasteiger partial charge is 0.122 e. The third kappa shape index (κ3) is 3.23. The Morgan fingerprint density at radius 1 is 1.36 bits per heavy atom. The largest absolute Gasteiger partial charge is 0.493 e. The van der Waals surface area contributed by atoms with Gasteiger partial charge < -0.3 is 10.5 Å². The van der Waals surface area contributed by atoms with E-state index in [4.69, 9.17) is 10.5 Å². The van der Waals surface area contributed by atoms with Crippen molar-refractivity contribution in [2.75, 3.05) is 13.2 Å². The van der Waals surface area contributed by atoms with Crippen molar-refractivity contribution in [1.82, 2.24) is 0 Å². The van der Waals surface area contributed by atoms with Crippen LogP contribution in [0.2, 0.25) is 0 Å². The van der Waals surface area contributed by atoms with Gasteiger partial charge in [-0.15, -0.1) is 6.58 Å². The lowest BCUT2D eigenvalue weighted by Gasteiger charge is -2.09. The quantitative estimate of drug-likeness (QED) is 0.552. The molecule has 0 saturated carbocycles. The highest BCUT2D eigenvalue weighted by atomic mass is 16.5. The Hall–Kier alpha value is -1.28. The monoisotopic (exact) mass is 191 g/mol. The number of para-hydroxylation sites is 1. The Bertz CT molecular complexity index is 283. The maximum Gasteiger partial charge on any atom is 0.122 e.